The van der Waals surface area contributed by atoms with E-state index in [0.717, 1.165) is 19.0 Å². The quantitative estimate of drug-likeness (QED) is 0.359. The smallest absolute Gasteiger partial charge is 0.300 e. The van der Waals surface area contributed by atoms with Crippen molar-refractivity contribution in [3.8, 4) is 0 Å². The lowest BCUT2D eigenvalue weighted by molar-refractivity contribution is -0.385. The number of unbranched alkanes of at least 4 members (excludes halogenated alkanes) is 2. The summed E-state index contributed by atoms with van der Waals surface area (Å²) in [5.41, 5.74) is -0.429. The largest absolute Gasteiger partial charge is 0.396 e. The van der Waals surface area contributed by atoms with E-state index in [1.807, 2.05) is 0 Å². The molecule has 20 heavy (non-hydrogen) atoms. The van der Waals surface area contributed by atoms with E-state index in [9.17, 15) is 14.9 Å². The first-order valence-corrected chi connectivity index (χ1v) is 6.51. The number of aliphatic hydroxyl groups is 1. The Morgan fingerprint density at radius 2 is 2.20 bits per heavy atom. The Kier molecular flexibility index (Phi) is 6.33. The number of halogens is 1. The Bertz CT molecular complexity index is 496. The molecular weight excluding hydrogens is 286 g/mol. The number of carbonyl (C=O) groups excluding carboxylic acids is 1. The maximum absolute atomic E-state index is 12.2. The van der Waals surface area contributed by atoms with Gasteiger partial charge in [0, 0.05) is 20.2 Å². The molecule has 0 aliphatic heterocycles. The molecule has 7 nitrogen and oxygen atoms in total. The summed E-state index contributed by atoms with van der Waals surface area (Å²) in [4.78, 5) is 27.4. The van der Waals surface area contributed by atoms with Gasteiger partial charge in [0.2, 0.25) is 0 Å². The van der Waals surface area contributed by atoms with Gasteiger partial charge in [-0.25, -0.2) is 4.98 Å². The number of rotatable bonds is 7. The van der Waals surface area contributed by atoms with Crippen molar-refractivity contribution >= 4 is 23.2 Å². The van der Waals surface area contributed by atoms with E-state index in [4.69, 9.17) is 16.7 Å². The summed E-state index contributed by atoms with van der Waals surface area (Å²) < 4.78 is 0. The second-order valence-corrected chi connectivity index (χ2v) is 4.68. The molecule has 0 aromatic carbocycles. The van der Waals surface area contributed by atoms with Crippen LogP contribution in [0.15, 0.2) is 12.3 Å². The van der Waals surface area contributed by atoms with Crippen LogP contribution in [0.3, 0.4) is 0 Å². The Balaban J connectivity index is 2.80. The molecule has 1 amide bonds. The molecule has 0 saturated carbocycles. The van der Waals surface area contributed by atoms with Gasteiger partial charge in [0.1, 0.15) is 16.9 Å². The van der Waals surface area contributed by atoms with Crippen LogP contribution in [0.4, 0.5) is 5.69 Å². The van der Waals surface area contributed by atoms with Gasteiger partial charge in [-0.2, -0.15) is 0 Å². The maximum atomic E-state index is 12.2. The third kappa shape index (κ3) is 4.43. The van der Waals surface area contributed by atoms with Crippen molar-refractivity contribution < 1.29 is 14.8 Å². The lowest BCUT2D eigenvalue weighted by Crippen LogP contribution is -2.28. The average Bonchev–Trinajstić information content (AvgIpc) is 2.42. The fourth-order valence-corrected chi connectivity index (χ4v) is 1.84. The molecular formula is C12H16ClN3O4. The van der Waals surface area contributed by atoms with Gasteiger partial charge in [-0.3, -0.25) is 14.9 Å². The van der Waals surface area contributed by atoms with Crippen LogP contribution in [-0.2, 0) is 0 Å². The number of aliphatic hydroxyl groups excluding tert-OH is 1. The van der Waals surface area contributed by atoms with Gasteiger partial charge in [0.05, 0.1) is 4.92 Å². The fourth-order valence-electron chi connectivity index (χ4n) is 1.68. The molecule has 1 heterocycles. The van der Waals surface area contributed by atoms with Crippen LogP contribution in [0, 0.1) is 10.1 Å². The van der Waals surface area contributed by atoms with Crippen molar-refractivity contribution in [2.75, 3.05) is 20.2 Å². The Morgan fingerprint density at radius 3 is 2.80 bits per heavy atom. The number of nitro groups is 1. The molecule has 0 unspecified atom stereocenters. The first kappa shape index (κ1) is 16.3. The van der Waals surface area contributed by atoms with Crippen LogP contribution in [-0.4, -0.2) is 46.0 Å². The second-order valence-electron chi connectivity index (χ2n) is 4.29. The van der Waals surface area contributed by atoms with E-state index >= 15 is 0 Å². The normalized spacial score (nSPS) is 10.3. The van der Waals surface area contributed by atoms with Crippen molar-refractivity contribution in [2.24, 2.45) is 0 Å². The molecule has 0 saturated heterocycles. The Hall–Kier alpha value is -1.73. The SMILES string of the molecule is CN(CCCCCO)C(=O)c1cc(Cl)ncc1[N+](=O)[O-]. The minimum atomic E-state index is -0.657. The predicted octanol–water partition coefficient (Wildman–Crippen LogP) is 1.88. The highest BCUT2D eigenvalue weighted by atomic mass is 35.5. The molecule has 1 rings (SSSR count). The minimum Gasteiger partial charge on any atom is -0.396 e. The van der Waals surface area contributed by atoms with Gasteiger partial charge in [-0.05, 0) is 25.3 Å². The van der Waals surface area contributed by atoms with Gasteiger partial charge in [-0.1, -0.05) is 11.6 Å². The molecule has 0 radical (unpaired) electrons. The number of hydrogen-bond donors (Lipinski definition) is 1. The Labute approximate surface area is 121 Å². The van der Waals surface area contributed by atoms with Crippen LogP contribution >= 0.6 is 11.6 Å². The van der Waals surface area contributed by atoms with Crippen LogP contribution < -0.4 is 0 Å². The van der Waals surface area contributed by atoms with Gasteiger partial charge < -0.3 is 10.0 Å². The van der Waals surface area contributed by atoms with Gasteiger partial charge in [0.15, 0.2) is 0 Å². The van der Waals surface area contributed by atoms with Crippen LogP contribution in [0.25, 0.3) is 0 Å². The van der Waals surface area contributed by atoms with E-state index in [-0.39, 0.29) is 23.0 Å². The highest BCUT2D eigenvalue weighted by Gasteiger charge is 2.23. The summed E-state index contributed by atoms with van der Waals surface area (Å²) in [6.45, 7) is 0.568. The zero-order valence-electron chi connectivity index (χ0n) is 11.1. The van der Waals surface area contributed by atoms with Crippen LogP contribution in [0.1, 0.15) is 29.6 Å². The summed E-state index contributed by atoms with van der Waals surface area (Å²) >= 11 is 5.68. The first-order chi connectivity index (χ1) is 9.47. The lowest BCUT2D eigenvalue weighted by atomic mass is 10.2. The van der Waals surface area contributed by atoms with E-state index in [1.165, 1.54) is 11.0 Å². The molecule has 0 spiro atoms. The number of pyridine rings is 1. The number of carbonyl (C=O) groups is 1. The summed E-state index contributed by atoms with van der Waals surface area (Å²) in [5, 5.41) is 19.6. The summed E-state index contributed by atoms with van der Waals surface area (Å²) in [7, 11) is 1.57. The monoisotopic (exact) mass is 301 g/mol. The summed E-state index contributed by atoms with van der Waals surface area (Å²) in [6, 6.07) is 1.20. The summed E-state index contributed by atoms with van der Waals surface area (Å²) in [6.07, 6.45) is 3.15. The fraction of sp³-hybridized carbons (Fsp3) is 0.500. The molecule has 0 aliphatic rings. The number of aromatic nitrogens is 1. The zero-order chi connectivity index (χ0) is 15.1. The highest BCUT2D eigenvalue weighted by Crippen LogP contribution is 2.21. The van der Waals surface area contributed by atoms with E-state index in [0.29, 0.717) is 13.0 Å². The van der Waals surface area contributed by atoms with Crippen molar-refractivity contribution in [1.82, 2.24) is 9.88 Å². The number of hydrogen-bond acceptors (Lipinski definition) is 5. The zero-order valence-corrected chi connectivity index (χ0v) is 11.8. The van der Waals surface area contributed by atoms with Gasteiger partial charge in [-0.15, -0.1) is 0 Å². The molecule has 110 valence electrons. The van der Waals surface area contributed by atoms with E-state index < -0.39 is 10.8 Å². The maximum Gasteiger partial charge on any atom is 0.300 e. The third-order valence-electron chi connectivity index (χ3n) is 2.77. The van der Waals surface area contributed by atoms with Crippen molar-refractivity contribution in [3.05, 3.63) is 33.1 Å². The molecule has 1 aromatic heterocycles. The standard InChI is InChI=1S/C12H16ClN3O4/c1-15(5-3-2-4-6-17)12(18)9-7-11(13)14-8-10(9)16(19)20/h7-8,17H,2-6H2,1H3. The lowest BCUT2D eigenvalue weighted by Gasteiger charge is -2.17. The molecule has 8 heteroatoms. The van der Waals surface area contributed by atoms with Crippen LogP contribution in [0.5, 0.6) is 0 Å². The topological polar surface area (TPSA) is 96.6 Å². The van der Waals surface area contributed by atoms with Crippen molar-refractivity contribution in [2.45, 2.75) is 19.3 Å². The number of nitrogens with zero attached hydrogens (tertiary/aromatic N) is 3. The van der Waals surface area contributed by atoms with Gasteiger partial charge >= 0.3 is 0 Å². The van der Waals surface area contributed by atoms with Crippen molar-refractivity contribution in [3.63, 3.8) is 0 Å². The first-order valence-electron chi connectivity index (χ1n) is 6.13. The highest BCUT2D eigenvalue weighted by molar-refractivity contribution is 6.29. The van der Waals surface area contributed by atoms with E-state index in [1.54, 1.807) is 7.05 Å². The number of amides is 1. The third-order valence-corrected chi connectivity index (χ3v) is 2.98. The molecule has 0 aliphatic carbocycles. The summed E-state index contributed by atoms with van der Waals surface area (Å²) in [5.74, 6) is -0.468. The molecule has 0 fully saturated rings. The van der Waals surface area contributed by atoms with Gasteiger partial charge in [0.25, 0.3) is 11.6 Å². The predicted molar refractivity (Wildman–Crippen MR) is 73.8 cm³/mol. The second kappa shape index (κ2) is 7.76. The molecule has 1 N–H and O–H groups in total. The van der Waals surface area contributed by atoms with Crippen LogP contribution in [0.2, 0.25) is 5.15 Å². The van der Waals surface area contributed by atoms with Crippen molar-refractivity contribution in [1.29, 1.82) is 0 Å². The van der Waals surface area contributed by atoms with E-state index in [2.05, 4.69) is 4.98 Å². The molecule has 1 aromatic rings. The Morgan fingerprint density at radius 1 is 1.50 bits per heavy atom. The average molecular weight is 302 g/mol. The molecule has 0 bridgehead atoms. The minimum absolute atomic E-state index is 0.0348. The molecule has 0 atom stereocenters.